The number of hydrogen-bond acceptors (Lipinski definition) is 8. The molecule has 8 nitrogen and oxygen atoms in total. The average Bonchev–Trinajstić information content (AvgIpc) is 3.29. The van der Waals surface area contributed by atoms with Gasteiger partial charge in [0.05, 0.1) is 18.4 Å². The third-order valence-electron chi connectivity index (χ3n) is 10.4. The predicted molar refractivity (Wildman–Crippen MR) is 160 cm³/mol. The quantitative estimate of drug-likeness (QED) is 0.348. The van der Waals surface area contributed by atoms with Crippen LogP contribution in [0.4, 0.5) is 0 Å². The van der Waals surface area contributed by atoms with E-state index in [2.05, 4.69) is 13.5 Å². The lowest BCUT2D eigenvalue weighted by molar-refractivity contribution is -0.421. The van der Waals surface area contributed by atoms with Gasteiger partial charge in [-0.25, -0.2) is 0 Å². The standard InChI is InChI=1S/C36H38O8/c1-21(2)34-17-23(4)36-28(32(34)42-35(43-34,44-36)19-25-8-6-5-7-9-25)15-26(18-33(40)29(36)14-22(3)31(33)39)20-41-30(38)16-24-10-12-27(37)13-11-24/h5-15,23,28-29,32,37,40H,1,16-20H2,2-4H3/t23-,28+,29-,32-,33-,34-,35+,36-/m1/s1. The Hall–Kier alpha value is -3.56. The predicted octanol–water partition coefficient (Wildman–Crippen LogP) is 4.74. The highest BCUT2D eigenvalue weighted by atomic mass is 16.9. The first-order valence-corrected chi connectivity index (χ1v) is 15.3. The Labute approximate surface area is 257 Å². The Morgan fingerprint density at radius 1 is 1.07 bits per heavy atom. The summed E-state index contributed by atoms with van der Waals surface area (Å²) in [6, 6.07) is 16.2. The van der Waals surface area contributed by atoms with Gasteiger partial charge in [-0.05, 0) is 66.2 Å². The topological polar surface area (TPSA) is 112 Å². The summed E-state index contributed by atoms with van der Waals surface area (Å²) in [5.74, 6) is -3.37. The van der Waals surface area contributed by atoms with Gasteiger partial charge in [0.15, 0.2) is 5.78 Å². The lowest BCUT2D eigenvalue weighted by atomic mass is 9.55. The summed E-state index contributed by atoms with van der Waals surface area (Å²) in [6.07, 6.45) is 4.28. The van der Waals surface area contributed by atoms with Crippen LogP contribution in [0.1, 0.15) is 44.7 Å². The summed E-state index contributed by atoms with van der Waals surface area (Å²) in [6.45, 7) is 10.0. The molecule has 8 atom stereocenters. The first kappa shape index (κ1) is 29.2. The molecular formula is C36H38O8. The number of ether oxygens (including phenoxy) is 4. The van der Waals surface area contributed by atoms with Crippen LogP contribution in [0.15, 0.2) is 90.0 Å². The summed E-state index contributed by atoms with van der Waals surface area (Å²) in [4.78, 5) is 26.6. The minimum absolute atomic E-state index is 0.00446. The molecular weight excluding hydrogens is 560 g/mol. The second kappa shape index (κ2) is 9.97. The van der Waals surface area contributed by atoms with Crippen molar-refractivity contribution >= 4 is 11.8 Å². The van der Waals surface area contributed by atoms with E-state index in [-0.39, 0.29) is 36.9 Å². The monoisotopic (exact) mass is 598 g/mol. The number of fused-ring (bicyclic) bond motifs is 2. The molecule has 2 aromatic rings. The largest absolute Gasteiger partial charge is 0.508 e. The van der Waals surface area contributed by atoms with Crippen LogP contribution in [0.25, 0.3) is 0 Å². The van der Waals surface area contributed by atoms with Crippen LogP contribution >= 0.6 is 0 Å². The molecule has 5 aliphatic rings. The van der Waals surface area contributed by atoms with Crippen LogP contribution in [0.3, 0.4) is 0 Å². The molecule has 0 unspecified atom stereocenters. The summed E-state index contributed by atoms with van der Waals surface area (Å²) in [5, 5.41) is 21.9. The number of rotatable bonds is 7. The molecule has 3 bridgehead atoms. The van der Waals surface area contributed by atoms with Crippen molar-refractivity contribution in [3.63, 3.8) is 0 Å². The van der Waals surface area contributed by atoms with Crippen molar-refractivity contribution in [1.82, 2.24) is 0 Å². The first-order valence-electron chi connectivity index (χ1n) is 15.3. The van der Waals surface area contributed by atoms with Gasteiger partial charge in [0.2, 0.25) is 0 Å². The number of carbonyl (C=O) groups excluding carboxylic acids is 2. The van der Waals surface area contributed by atoms with E-state index < -0.39 is 46.7 Å². The maximum atomic E-state index is 13.7. The fraction of sp³-hybridized carbons (Fsp3) is 0.444. The minimum Gasteiger partial charge on any atom is -0.508 e. The summed E-state index contributed by atoms with van der Waals surface area (Å²) in [7, 11) is 0. The molecule has 0 aromatic heterocycles. The van der Waals surface area contributed by atoms with Gasteiger partial charge in [-0.3, -0.25) is 9.59 Å². The normalized spacial score (nSPS) is 38.3. The Kier molecular flexibility index (Phi) is 6.61. The summed E-state index contributed by atoms with van der Waals surface area (Å²) >= 11 is 0. The highest BCUT2D eigenvalue weighted by Crippen LogP contribution is 2.68. The van der Waals surface area contributed by atoms with Crippen molar-refractivity contribution in [3.8, 4) is 5.75 Å². The number of ketones is 1. The number of benzene rings is 2. The van der Waals surface area contributed by atoms with Crippen molar-refractivity contribution in [3.05, 3.63) is 101 Å². The lowest BCUT2D eigenvalue weighted by Gasteiger charge is -2.59. The van der Waals surface area contributed by atoms with E-state index in [1.165, 1.54) is 12.1 Å². The van der Waals surface area contributed by atoms with Gasteiger partial charge in [0.25, 0.3) is 5.97 Å². The molecule has 2 aliphatic heterocycles. The number of carbonyl (C=O) groups is 2. The zero-order valence-electron chi connectivity index (χ0n) is 25.2. The molecule has 230 valence electrons. The zero-order chi connectivity index (χ0) is 31.1. The van der Waals surface area contributed by atoms with E-state index in [1.807, 2.05) is 49.4 Å². The minimum atomic E-state index is -1.78. The fourth-order valence-electron chi connectivity index (χ4n) is 8.49. The Balaban J connectivity index is 1.29. The number of phenolic OH excluding ortho intramolecular Hbond substituents is 1. The maximum absolute atomic E-state index is 13.7. The van der Waals surface area contributed by atoms with Gasteiger partial charge in [-0.1, -0.05) is 68.1 Å². The average molecular weight is 599 g/mol. The van der Waals surface area contributed by atoms with E-state index in [4.69, 9.17) is 18.9 Å². The SMILES string of the molecule is C=C(C)[C@]12C[C@@H](C)[C@@]34O[C@@](Cc5ccccc5)(O[C@@H]1[C@@H]3C=C(COC(=O)Cc1ccc(O)cc1)C[C@]1(O)C(=O)C(C)=C[C@@H]41)O2. The van der Waals surface area contributed by atoms with Gasteiger partial charge in [0.1, 0.15) is 29.7 Å². The van der Waals surface area contributed by atoms with E-state index in [9.17, 15) is 19.8 Å². The van der Waals surface area contributed by atoms with Crippen molar-refractivity contribution in [1.29, 1.82) is 0 Å². The molecule has 7 rings (SSSR count). The van der Waals surface area contributed by atoms with Gasteiger partial charge >= 0.3 is 5.97 Å². The molecule has 1 saturated carbocycles. The number of aromatic hydroxyl groups is 1. The molecule has 0 amide bonds. The Bertz CT molecular complexity index is 1590. The van der Waals surface area contributed by atoms with Gasteiger partial charge in [0, 0.05) is 18.3 Å². The van der Waals surface area contributed by atoms with Crippen molar-refractivity contribution in [2.24, 2.45) is 17.8 Å². The van der Waals surface area contributed by atoms with Gasteiger partial charge in [-0.2, -0.15) is 0 Å². The van der Waals surface area contributed by atoms with Crippen molar-refractivity contribution < 1.29 is 38.7 Å². The molecule has 2 saturated heterocycles. The summed E-state index contributed by atoms with van der Waals surface area (Å²) < 4.78 is 26.5. The van der Waals surface area contributed by atoms with Crippen LogP contribution in [0.2, 0.25) is 0 Å². The fourth-order valence-corrected chi connectivity index (χ4v) is 8.49. The van der Waals surface area contributed by atoms with E-state index >= 15 is 0 Å². The molecule has 0 spiro atoms. The highest BCUT2D eigenvalue weighted by Gasteiger charge is 2.79. The highest BCUT2D eigenvalue weighted by molar-refractivity contribution is 6.04. The number of aliphatic hydroxyl groups is 1. The molecule has 3 aliphatic carbocycles. The smallest absolute Gasteiger partial charge is 0.310 e. The number of Topliss-reactive ketones (excluding diaryl/α,β-unsaturated/α-hetero) is 1. The van der Waals surface area contributed by atoms with Crippen LogP contribution in [0.5, 0.6) is 5.75 Å². The Morgan fingerprint density at radius 2 is 1.80 bits per heavy atom. The van der Waals surface area contributed by atoms with Crippen molar-refractivity contribution in [2.45, 2.75) is 75.3 Å². The number of phenols is 1. The van der Waals surface area contributed by atoms with Gasteiger partial charge in [-0.15, -0.1) is 0 Å². The zero-order valence-corrected chi connectivity index (χ0v) is 25.2. The number of esters is 1. The first-order chi connectivity index (χ1) is 20.9. The Morgan fingerprint density at radius 3 is 2.50 bits per heavy atom. The second-order valence-electron chi connectivity index (χ2n) is 13.3. The third-order valence-corrected chi connectivity index (χ3v) is 10.4. The van der Waals surface area contributed by atoms with Crippen LogP contribution in [-0.4, -0.2) is 57.5 Å². The van der Waals surface area contributed by atoms with E-state index in [1.54, 1.807) is 19.1 Å². The van der Waals surface area contributed by atoms with Gasteiger partial charge < -0.3 is 29.2 Å². The molecule has 0 radical (unpaired) electrons. The number of hydrogen-bond donors (Lipinski definition) is 2. The van der Waals surface area contributed by atoms with Crippen LogP contribution in [0, 0.1) is 17.8 Å². The molecule has 8 heteroatoms. The summed E-state index contributed by atoms with van der Waals surface area (Å²) in [5.41, 5.74) is -0.0509. The maximum Gasteiger partial charge on any atom is 0.310 e. The van der Waals surface area contributed by atoms with E-state index in [0.29, 0.717) is 29.6 Å². The molecule has 2 aromatic carbocycles. The van der Waals surface area contributed by atoms with E-state index in [0.717, 1.165) is 11.1 Å². The molecule has 44 heavy (non-hydrogen) atoms. The lowest BCUT2D eigenvalue weighted by Crippen LogP contribution is -2.70. The third kappa shape index (κ3) is 4.19. The van der Waals surface area contributed by atoms with Crippen molar-refractivity contribution in [2.75, 3.05) is 6.61 Å². The molecule has 2 N–H and O–H groups in total. The second-order valence-corrected chi connectivity index (χ2v) is 13.3. The van der Waals surface area contributed by atoms with Crippen LogP contribution in [-0.2, 0) is 41.4 Å². The van der Waals surface area contributed by atoms with Crippen LogP contribution < -0.4 is 0 Å². The molecule has 3 fully saturated rings. The molecule has 2 heterocycles.